The van der Waals surface area contributed by atoms with E-state index in [4.69, 9.17) is 24.9 Å². The quantitative estimate of drug-likeness (QED) is 0.696. The summed E-state index contributed by atoms with van der Waals surface area (Å²) in [6.07, 6.45) is 4.70. The van der Waals surface area contributed by atoms with Crippen LogP contribution in [0.2, 0.25) is 0 Å². The van der Waals surface area contributed by atoms with Crippen molar-refractivity contribution in [2.45, 2.75) is 25.6 Å². The molecule has 2 fully saturated rings. The van der Waals surface area contributed by atoms with Crippen molar-refractivity contribution in [3.63, 3.8) is 0 Å². The van der Waals surface area contributed by atoms with Crippen molar-refractivity contribution in [3.05, 3.63) is 30.5 Å². The molecule has 1 unspecified atom stereocenters. The number of hydrogen-bond donors (Lipinski definition) is 1. The molecule has 0 spiro atoms. The zero-order chi connectivity index (χ0) is 20.3. The zero-order valence-corrected chi connectivity index (χ0v) is 16.7. The molecule has 9 heteroatoms. The summed E-state index contributed by atoms with van der Waals surface area (Å²) in [4.78, 5) is 20.1. The molecule has 2 aliphatic rings. The van der Waals surface area contributed by atoms with E-state index in [0.29, 0.717) is 30.2 Å². The number of anilines is 2. The van der Waals surface area contributed by atoms with E-state index in [9.17, 15) is 0 Å². The van der Waals surface area contributed by atoms with Gasteiger partial charge in [-0.3, -0.25) is 0 Å². The van der Waals surface area contributed by atoms with Gasteiger partial charge in [0.05, 0.1) is 31.7 Å². The number of nitrogen functional groups attached to an aromatic ring is 1. The predicted molar refractivity (Wildman–Crippen MR) is 112 cm³/mol. The number of rotatable bonds is 4. The van der Waals surface area contributed by atoms with Crippen LogP contribution in [0.15, 0.2) is 30.5 Å². The molecular formula is C21H24N6O3. The van der Waals surface area contributed by atoms with Crippen molar-refractivity contribution < 1.29 is 14.2 Å². The maximum absolute atomic E-state index is 5.92. The molecule has 156 valence electrons. The van der Waals surface area contributed by atoms with Crippen LogP contribution in [0.25, 0.3) is 22.4 Å². The summed E-state index contributed by atoms with van der Waals surface area (Å²) < 4.78 is 17.0. The van der Waals surface area contributed by atoms with Crippen LogP contribution in [0, 0.1) is 0 Å². The van der Waals surface area contributed by atoms with E-state index in [-0.39, 0.29) is 12.2 Å². The third-order valence-corrected chi connectivity index (χ3v) is 5.27. The highest BCUT2D eigenvalue weighted by molar-refractivity contribution is 5.85. The molecule has 30 heavy (non-hydrogen) atoms. The SMILES string of the molecule is Nc1nc(N2CCOCC2)c2nc(-c3ccc(OC4CCCCO4)cc3)cnc2n1. The van der Waals surface area contributed by atoms with Crippen LogP contribution in [0.5, 0.6) is 5.75 Å². The fraction of sp³-hybridized carbons (Fsp3) is 0.429. The van der Waals surface area contributed by atoms with Crippen molar-refractivity contribution in [3.8, 4) is 17.0 Å². The summed E-state index contributed by atoms with van der Waals surface area (Å²) >= 11 is 0. The number of fused-ring (bicyclic) bond motifs is 1. The van der Waals surface area contributed by atoms with Crippen molar-refractivity contribution in [1.82, 2.24) is 19.9 Å². The summed E-state index contributed by atoms with van der Waals surface area (Å²) in [6.45, 7) is 3.50. The molecule has 2 aliphatic heterocycles. The van der Waals surface area contributed by atoms with Crippen LogP contribution in [-0.2, 0) is 9.47 Å². The Morgan fingerprint density at radius 1 is 1.00 bits per heavy atom. The Bertz CT molecular complexity index is 1020. The van der Waals surface area contributed by atoms with Gasteiger partial charge < -0.3 is 24.8 Å². The summed E-state index contributed by atoms with van der Waals surface area (Å²) in [7, 11) is 0. The number of hydrogen-bond acceptors (Lipinski definition) is 9. The molecule has 1 atom stereocenters. The lowest BCUT2D eigenvalue weighted by molar-refractivity contribution is -0.105. The van der Waals surface area contributed by atoms with Gasteiger partial charge in [-0.1, -0.05) is 0 Å². The van der Waals surface area contributed by atoms with Gasteiger partial charge >= 0.3 is 0 Å². The Kier molecular flexibility index (Phi) is 5.29. The van der Waals surface area contributed by atoms with Crippen LogP contribution in [0.4, 0.5) is 11.8 Å². The first-order chi connectivity index (χ1) is 14.8. The number of morpholine rings is 1. The maximum atomic E-state index is 5.92. The Morgan fingerprint density at radius 3 is 2.60 bits per heavy atom. The van der Waals surface area contributed by atoms with Crippen LogP contribution >= 0.6 is 0 Å². The molecular weight excluding hydrogens is 384 g/mol. The Balaban J connectivity index is 1.43. The average Bonchev–Trinajstić information content (AvgIpc) is 2.80. The third kappa shape index (κ3) is 3.99. The number of aromatic nitrogens is 4. The Morgan fingerprint density at radius 2 is 1.83 bits per heavy atom. The third-order valence-electron chi connectivity index (χ3n) is 5.27. The van der Waals surface area contributed by atoms with Crippen molar-refractivity contribution in [1.29, 1.82) is 0 Å². The van der Waals surface area contributed by atoms with E-state index in [1.54, 1.807) is 6.20 Å². The van der Waals surface area contributed by atoms with E-state index in [1.807, 2.05) is 24.3 Å². The fourth-order valence-corrected chi connectivity index (χ4v) is 3.70. The van der Waals surface area contributed by atoms with E-state index >= 15 is 0 Å². The molecule has 3 aromatic rings. The highest BCUT2D eigenvalue weighted by atomic mass is 16.7. The lowest BCUT2D eigenvalue weighted by Gasteiger charge is -2.28. The smallest absolute Gasteiger partial charge is 0.224 e. The van der Waals surface area contributed by atoms with Crippen LogP contribution < -0.4 is 15.4 Å². The molecule has 2 N–H and O–H groups in total. The molecule has 0 bridgehead atoms. The summed E-state index contributed by atoms with van der Waals surface area (Å²) in [5.74, 6) is 1.67. The largest absolute Gasteiger partial charge is 0.465 e. The summed E-state index contributed by atoms with van der Waals surface area (Å²) in [6, 6.07) is 7.81. The van der Waals surface area contributed by atoms with Gasteiger partial charge in [-0.25, -0.2) is 9.97 Å². The molecule has 9 nitrogen and oxygen atoms in total. The van der Waals surface area contributed by atoms with Gasteiger partial charge in [-0.15, -0.1) is 0 Å². The van der Waals surface area contributed by atoms with Crippen LogP contribution in [0.1, 0.15) is 19.3 Å². The second-order valence-electron chi connectivity index (χ2n) is 7.37. The summed E-state index contributed by atoms with van der Waals surface area (Å²) in [5.41, 5.74) is 8.71. The molecule has 0 saturated carbocycles. The zero-order valence-electron chi connectivity index (χ0n) is 16.7. The molecule has 4 heterocycles. The average molecular weight is 408 g/mol. The first-order valence-corrected chi connectivity index (χ1v) is 10.3. The minimum absolute atomic E-state index is 0.163. The van der Waals surface area contributed by atoms with Crippen molar-refractivity contribution in [2.75, 3.05) is 43.5 Å². The lowest BCUT2D eigenvalue weighted by atomic mass is 10.1. The monoisotopic (exact) mass is 408 g/mol. The fourth-order valence-electron chi connectivity index (χ4n) is 3.70. The van der Waals surface area contributed by atoms with Gasteiger partial charge in [0.15, 0.2) is 23.3 Å². The first kappa shape index (κ1) is 19.0. The second-order valence-corrected chi connectivity index (χ2v) is 7.37. The van der Waals surface area contributed by atoms with Crippen LogP contribution in [-0.4, -0.2) is 59.1 Å². The predicted octanol–water partition coefficient (Wildman–Crippen LogP) is 2.41. The topological polar surface area (TPSA) is 109 Å². The molecule has 5 rings (SSSR count). The van der Waals surface area contributed by atoms with Gasteiger partial charge in [0.25, 0.3) is 0 Å². The van der Waals surface area contributed by atoms with Crippen LogP contribution in [0.3, 0.4) is 0 Å². The Hall–Kier alpha value is -3.04. The van der Waals surface area contributed by atoms with E-state index in [1.165, 1.54) is 0 Å². The minimum Gasteiger partial charge on any atom is -0.465 e. The van der Waals surface area contributed by atoms with Gasteiger partial charge in [0, 0.05) is 25.1 Å². The van der Waals surface area contributed by atoms with Gasteiger partial charge in [-0.2, -0.15) is 9.97 Å². The Labute approximate surface area is 174 Å². The number of nitrogens with zero attached hydrogens (tertiary/aromatic N) is 5. The molecule has 2 saturated heterocycles. The van der Waals surface area contributed by atoms with E-state index in [2.05, 4.69) is 19.9 Å². The number of nitrogens with two attached hydrogens (primary N) is 1. The van der Waals surface area contributed by atoms with E-state index in [0.717, 1.165) is 56.0 Å². The molecule has 0 amide bonds. The van der Waals surface area contributed by atoms with Gasteiger partial charge in [0.1, 0.15) is 5.75 Å². The first-order valence-electron chi connectivity index (χ1n) is 10.3. The highest BCUT2D eigenvalue weighted by Crippen LogP contribution is 2.27. The molecule has 0 aliphatic carbocycles. The van der Waals surface area contributed by atoms with E-state index < -0.39 is 0 Å². The lowest BCUT2D eigenvalue weighted by Crippen LogP contribution is -2.37. The standard InChI is InChI=1S/C21H24N6O3/c22-21-25-19-18(20(26-21)27-8-11-28-12-9-27)24-16(13-23-19)14-4-6-15(7-5-14)30-17-3-1-2-10-29-17/h4-7,13,17H,1-3,8-12H2,(H2,22,23,25,26). The number of benzene rings is 1. The summed E-state index contributed by atoms with van der Waals surface area (Å²) in [5, 5.41) is 0. The highest BCUT2D eigenvalue weighted by Gasteiger charge is 2.19. The number of ether oxygens (including phenoxy) is 3. The molecule has 2 aromatic heterocycles. The molecule has 1 aromatic carbocycles. The second kappa shape index (κ2) is 8.37. The van der Waals surface area contributed by atoms with Gasteiger partial charge in [-0.05, 0) is 37.1 Å². The van der Waals surface area contributed by atoms with Crippen molar-refractivity contribution >= 4 is 22.9 Å². The normalized spacial score (nSPS) is 19.7. The molecule has 0 radical (unpaired) electrons. The van der Waals surface area contributed by atoms with Gasteiger partial charge in [0.2, 0.25) is 5.95 Å². The minimum atomic E-state index is -0.163. The maximum Gasteiger partial charge on any atom is 0.224 e. The van der Waals surface area contributed by atoms with Crippen molar-refractivity contribution in [2.24, 2.45) is 0 Å².